The summed E-state index contributed by atoms with van der Waals surface area (Å²) in [5.41, 5.74) is 7.71. The minimum absolute atomic E-state index is 0.221. The van der Waals surface area contributed by atoms with Crippen LogP contribution in [0.25, 0.3) is 11.9 Å². The molecule has 106 valence electrons. The van der Waals surface area contributed by atoms with Crippen molar-refractivity contribution in [3.8, 4) is 5.82 Å². The van der Waals surface area contributed by atoms with Crippen LogP contribution in [-0.4, -0.2) is 39.7 Å². The maximum atomic E-state index is 5.75. The van der Waals surface area contributed by atoms with Gasteiger partial charge in [-0.2, -0.15) is 15.1 Å². The first-order valence-corrected chi connectivity index (χ1v) is 6.65. The van der Waals surface area contributed by atoms with Crippen molar-refractivity contribution >= 4 is 29.4 Å². The largest absolute Gasteiger partial charge is 0.368 e. The molecule has 0 unspecified atom stereocenters. The van der Waals surface area contributed by atoms with Gasteiger partial charge in [-0.05, 0) is 6.92 Å². The Bertz CT molecular complexity index is 632. The molecule has 0 aliphatic heterocycles. The molecule has 0 saturated heterocycles. The molecular formula is C13H17ClN6. The topological polar surface area (TPSA) is 72.9 Å². The minimum Gasteiger partial charge on any atom is -0.368 e. The summed E-state index contributed by atoms with van der Waals surface area (Å²) in [5.74, 6) is 2.07. The summed E-state index contributed by atoms with van der Waals surface area (Å²) >= 11 is 5.65. The molecule has 0 spiro atoms. The van der Waals surface area contributed by atoms with E-state index in [2.05, 4.69) is 15.1 Å². The number of alkyl halides is 1. The van der Waals surface area contributed by atoms with Crippen molar-refractivity contribution in [1.82, 2.24) is 19.7 Å². The lowest BCUT2D eigenvalue weighted by Gasteiger charge is -2.13. The maximum Gasteiger partial charge on any atom is 0.224 e. The number of hydrogen-bond acceptors (Lipinski definition) is 5. The fraction of sp³-hybridized carbons (Fsp3) is 0.308. The van der Waals surface area contributed by atoms with Gasteiger partial charge < -0.3 is 10.6 Å². The van der Waals surface area contributed by atoms with E-state index in [9.17, 15) is 0 Å². The number of rotatable bonds is 4. The van der Waals surface area contributed by atoms with Gasteiger partial charge in [0, 0.05) is 31.6 Å². The van der Waals surface area contributed by atoms with Crippen LogP contribution in [0.5, 0.6) is 0 Å². The molecule has 2 aromatic rings. The number of allylic oxidation sites excluding steroid dienone is 1. The standard InChI is InChI=1S/C13H17ClN6/c1-9-10(5-4-6-14)8-16-20(9)12-7-11(19(2)3)17-13(15)18-12/h4-5,7-8H,6H2,1-3H3,(H2,15,17,18). The number of nitrogen functional groups attached to an aromatic ring is 1. The first-order valence-electron chi connectivity index (χ1n) is 6.12. The first kappa shape index (κ1) is 14.3. The Morgan fingerprint density at radius 2 is 2.15 bits per heavy atom. The molecule has 0 amide bonds. The van der Waals surface area contributed by atoms with Crippen LogP contribution in [0.3, 0.4) is 0 Å². The van der Waals surface area contributed by atoms with Gasteiger partial charge in [-0.1, -0.05) is 12.2 Å². The van der Waals surface area contributed by atoms with Crippen LogP contribution in [0.15, 0.2) is 18.3 Å². The molecule has 2 rings (SSSR count). The van der Waals surface area contributed by atoms with E-state index >= 15 is 0 Å². The van der Waals surface area contributed by atoms with Crippen LogP contribution < -0.4 is 10.6 Å². The van der Waals surface area contributed by atoms with E-state index in [4.69, 9.17) is 17.3 Å². The molecule has 20 heavy (non-hydrogen) atoms. The third-order valence-electron chi connectivity index (χ3n) is 2.83. The molecule has 2 N–H and O–H groups in total. The Morgan fingerprint density at radius 3 is 2.80 bits per heavy atom. The molecule has 0 aliphatic carbocycles. The predicted octanol–water partition coefficient (Wildman–Crippen LogP) is 1.87. The van der Waals surface area contributed by atoms with Gasteiger partial charge in [0.15, 0.2) is 5.82 Å². The Hall–Kier alpha value is -2.08. The molecule has 2 aromatic heterocycles. The highest BCUT2D eigenvalue weighted by Crippen LogP contribution is 2.18. The van der Waals surface area contributed by atoms with Crippen molar-refractivity contribution in [2.75, 3.05) is 30.6 Å². The van der Waals surface area contributed by atoms with E-state index in [0.29, 0.717) is 11.7 Å². The number of nitrogens with zero attached hydrogens (tertiary/aromatic N) is 5. The lowest BCUT2D eigenvalue weighted by molar-refractivity contribution is 0.812. The monoisotopic (exact) mass is 292 g/mol. The number of anilines is 2. The van der Waals surface area contributed by atoms with Crippen molar-refractivity contribution < 1.29 is 0 Å². The molecule has 6 nitrogen and oxygen atoms in total. The van der Waals surface area contributed by atoms with E-state index in [1.165, 1.54) is 0 Å². The van der Waals surface area contributed by atoms with Crippen molar-refractivity contribution in [3.63, 3.8) is 0 Å². The molecule has 0 aliphatic rings. The summed E-state index contributed by atoms with van der Waals surface area (Å²) in [5, 5.41) is 4.34. The highest BCUT2D eigenvalue weighted by molar-refractivity contribution is 6.19. The molecule has 2 heterocycles. The zero-order valence-electron chi connectivity index (χ0n) is 11.7. The fourth-order valence-electron chi connectivity index (χ4n) is 1.77. The quantitative estimate of drug-likeness (QED) is 0.871. The SMILES string of the molecule is Cc1c(C=CCCl)cnn1-c1cc(N(C)C)nc(N)n1. The van der Waals surface area contributed by atoms with E-state index in [1.54, 1.807) is 10.9 Å². The molecule has 0 fully saturated rings. The third-order valence-corrected chi connectivity index (χ3v) is 3.00. The second kappa shape index (κ2) is 5.92. The Balaban J connectivity index is 2.46. The molecular weight excluding hydrogens is 276 g/mol. The van der Waals surface area contributed by atoms with Gasteiger partial charge in [-0.25, -0.2) is 4.68 Å². The second-order valence-corrected chi connectivity index (χ2v) is 4.80. The van der Waals surface area contributed by atoms with E-state index in [-0.39, 0.29) is 5.95 Å². The van der Waals surface area contributed by atoms with Crippen LogP contribution in [-0.2, 0) is 0 Å². The van der Waals surface area contributed by atoms with E-state index in [1.807, 2.05) is 44.1 Å². The van der Waals surface area contributed by atoms with Crippen molar-refractivity contribution in [3.05, 3.63) is 29.6 Å². The summed E-state index contributed by atoms with van der Waals surface area (Å²) in [6.45, 7) is 1.97. The summed E-state index contributed by atoms with van der Waals surface area (Å²) in [6.07, 6.45) is 5.57. The van der Waals surface area contributed by atoms with Crippen molar-refractivity contribution in [2.45, 2.75) is 6.92 Å². The fourth-order valence-corrected chi connectivity index (χ4v) is 1.85. The predicted molar refractivity (Wildman–Crippen MR) is 82.4 cm³/mol. The molecule has 0 aromatic carbocycles. The highest BCUT2D eigenvalue weighted by atomic mass is 35.5. The summed E-state index contributed by atoms with van der Waals surface area (Å²) in [6, 6.07) is 1.84. The summed E-state index contributed by atoms with van der Waals surface area (Å²) in [7, 11) is 3.80. The van der Waals surface area contributed by atoms with Gasteiger partial charge in [0.25, 0.3) is 0 Å². The highest BCUT2D eigenvalue weighted by Gasteiger charge is 2.10. The van der Waals surface area contributed by atoms with E-state index < -0.39 is 0 Å². The van der Waals surface area contributed by atoms with Gasteiger partial charge in [0.2, 0.25) is 5.95 Å². The van der Waals surface area contributed by atoms with Gasteiger partial charge in [0.05, 0.1) is 11.9 Å². The van der Waals surface area contributed by atoms with Crippen LogP contribution in [0, 0.1) is 6.92 Å². The zero-order chi connectivity index (χ0) is 14.7. The number of halogens is 1. The number of nitrogens with two attached hydrogens (primary N) is 1. The van der Waals surface area contributed by atoms with Gasteiger partial charge in [0.1, 0.15) is 5.82 Å². The molecule has 7 heteroatoms. The van der Waals surface area contributed by atoms with Gasteiger partial charge >= 0.3 is 0 Å². The Morgan fingerprint density at radius 1 is 1.40 bits per heavy atom. The van der Waals surface area contributed by atoms with Crippen molar-refractivity contribution in [1.29, 1.82) is 0 Å². The lowest BCUT2D eigenvalue weighted by atomic mass is 10.2. The Kier molecular flexibility index (Phi) is 4.24. The molecule has 0 radical (unpaired) electrons. The minimum atomic E-state index is 0.221. The van der Waals surface area contributed by atoms with Crippen LogP contribution >= 0.6 is 11.6 Å². The average Bonchev–Trinajstić information content (AvgIpc) is 2.77. The second-order valence-electron chi connectivity index (χ2n) is 4.49. The molecule has 0 atom stereocenters. The van der Waals surface area contributed by atoms with Crippen LogP contribution in [0.1, 0.15) is 11.3 Å². The maximum absolute atomic E-state index is 5.75. The summed E-state index contributed by atoms with van der Waals surface area (Å²) < 4.78 is 1.74. The smallest absolute Gasteiger partial charge is 0.224 e. The number of hydrogen-bond donors (Lipinski definition) is 1. The van der Waals surface area contributed by atoms with Crippen LogP contribution in [0.4, 0.5) is 11.8 Å². The Labute approximate surface area is 122 Å². The van der Waals surface area contributed by atoms with Gasteiger partial charge in [-0.3, -0.25) is 0 Å². The van der Waals surface area contributed by atoms with Gasteiger partial charge in [-0.15, -0.1) is 11.6 Å². The summed E-state index contributed by atoms with van der Waals surface area (Å²) in [4.78, 5) is 10.3. The third kappa shape index (κ3) is 2.91. The normalized spacial score (nSPS) is 11.2. The average molecular weight is 293 g/mol. The molecule has 0 bridgehead atoms. The van der Waals surface area contributed by atoms with Crippen LogP contribution in [0.2, 0.25) is 0 Å². The zero-order valence-corrected chi connectivity index (χ0v) is 12.5. The first-order chi connectivity index (χ1) is 9.52. The van der Waals surface area contributed by atoms with E-state index in [0.717, 1.165) is 17.1 Å². The van der Waals surface area contributed by atoms with Crippen molar-refractivity contribution in [2.24, 2.45) is 0 Å². The lowest BCUT2D eigenvalue weighted by Crippen LogP contribution is -2.14. The number of aromatic nitrogens is 4. The molecule has 0 saturated carbocycles.